The maximum atomic E-state index is 12.5. The van der Waals surface area contributed by atoms with E-state index in [-0.39, 0.29) is 35.6 Å². The number of benzene rings is 2. The Kier molecular flexibility index (Phi) is 6.58. The van der Waals surface area contributed by atoms with E-state index in [4.69, 9.17) is 0 Å². The standard InChI is InChI=1S/C22H27N3O4S/c1-16-4-6-18(7-5-16)14-25-15-19(12-21(25)26)22(27)23-13-17-8-10-20(11-9-17)30(28,29)24(2)3/h4-11,19H,12-15H2,1-3H3,(H,23,27). The van der Waals surface area contributed by atoms with Crippen LogP contribution in [-0.2, 0) is 32.7 Å². The van der Waals surface area contributed by atoms with Gasteiger partial charge in [0.05, 0.1) is 10.8 Å². The summed E-state index contributed by atoms with van der Waals surface area (Å²) in [5, 5.41) is 2.86. The van der Waals surface area contributed by atoms with Crippen molar-refractivity contribution in [2.24, 2.45) is 5.92 Å². The molecule has 1 aliphatic heterocycles. The van der Waals surface area contributed by atoms with E-state index in [9.17, 15) is 18.0 Å². The van der Waals surface area contributed by atoms with E-state index in [1.165, 1.54) is 26.2 Å². The molecule has 1 heterocycles. The summed E-state index contributed by atoms with van der Waals surface area (Å²) < 4.78 is 25.4. The maximum Gasteiger partial charge on any atom is 0.242 e. The Hall–Kier alpha value is -2.71. The SMILES string of the molecule is Cc1ccc(CN2CC(C(=O)NCc3ccc(S(=O)(=O)N(C)C)cc3)CC2=O)cc1. The largest absolute Gasteiger partial charge is 0.352 e. The summed E-state index contributed by atoms with van der Waals surface area (Å²) in [7, 11) is -0.514. The Labute approximate surface area is 177 Å². The highest BCUT2D eigenvalue weighted by molar-refractivity contribution is 7.89. The van der Waals surface area contributed by atoms with E-state index < -0.39 is 10.0 Å². The third kappa shape index (κ3) is 5.06. The van der Waals surface area contributed by atoms with Crippen LogP contribution in [0.25, 0.3) is 0 Å². The minimum absolute atomic E-state index is 0.0195. The lowest BCUT2D eigenvalue weighted by atomic mass is 10.1. The van der Waals surface area contributed by atoms with Crippen LogP contribution in [0.1, 0.15) is 23.1 Å². The third-order valence-electron chi connectivity index (χ3n) is 5.25. The van der Waals surface area contributed by atoms with Gasteiger partial charge in [-0.25, -0.2) is 12.7 Å². The van der Waals surface area contributed by atoms with E-state index in [1.54, 1.807) is 17.0 Å². The molecule has 1 saturated heterocycles. The Morgan fingerprint density at radius 2 is 1.67 bits per heavy atom. The van der Waals surface area contributed by atoms with Crippen molar-refractivity contribution < 1.29 is 18.0 Å². The first-order valence-electron chi connectivity index (χ1n) is 9.79. The zero-order valence-electron chi connectivity index (χ0n) is 17.5. The summed E-state index contributed by atoms with van der Waals surface area (Å²) in [4.78, 5) is 26.8. The van der Waals surface area contributed by atoms with Gasteiger partial charge in [0.15, 0.2) is 0 Å². The van der Waals surface area contributed by atoms with Gasteiger partial charge in [-0.1, -0.05) is 42.0 Å². The van der Waals surface area contributed by atoms with Gasteiger partial charge in [-0.05, 0) is 30.2 Å². The highest BCUT2D eigenvalue weighted by atomic mass is 32.2. The predicted molar refractivity (Wildman–Crippen MR) is 114 cm³/mol. The van der Waals surface area contributed by atoms with Gasteiger partial charge in [0.25, 0.3) is 0 Å². The summed E-state index contributed by atoms with van der Waals surface area (Å²) in [6.45, 7) is 3.20. The maximum absolute atomic E-state index is 12.5. The van der Waals surface area contributed by atoms with Crippen LogP contribution < -0.4 is 5.32 Å². The number of nitrogens with one attached hydrogen (secondary N) is 1. The molecule has 1 fully saturated rings. The van der Waals surface area contributed by atoms with Gasteiger partial charge in [0, 0.05) is 40.2 Å². The third-order valence-corrected chi connectivity index (χ3v) is 7.08. The Morgan fingerprint density at radius 1 is 1.07 bits per heavy atom. The molecule has 0 aliphatic carbocycles. The van der Waals surface area contributed by atoms with Crippen molar-refractivity contribution in [3.63, 3.8) is 0 Å². The topological polar surface area (TPSA) is 86.8 Å². The molecular weight excluding hydrogens is 402 g/mol. The highest BCUT2D eigenvalue weighted by Gasteiger charge is 2.34. The molecule has 2 aromatic rings. The summed E-state index contributed by atoms with van der Waals surface area (Å²) >= 11 is 0. The number of hydrogen-bond acceptors (Lipinski definition) is 4. The van der Waals surface area contributed by atoms with Crippen molar-refractivity contribution in [3.05, 3.63) is 65.2 Å². The smallest absolute Gasteiger partial charge is 0.242 e. The fraction of sp³-hybridized carbons (Fsp3) is 0.364. The number of likely N-dealkylation sites (tertiary alicyclic amines) is 1. The molecule has 30 heavy (non-hydrogen) atoms. The van der Waals surface area contributed by atoms with Gasteiger partial charge in [0.2, 0.25) is 21.8 Å². The van der Waals surface area contributed by atoms with Crippen molar-refractivity contribution in [1.29, 1.82) is 0 Å². The van der Waals surface area contributed by atoms with E-state index in [0.29, 0.717) is 13.1 Å². The van der Waals surface area contributed by atoms with Crippen molar-refractivity contribution in [3.8, 4) is 0 Å². The lowest BCUT2D eigenvalue weighted by Crippen LogP contribution is -2.32. The van der Waals surface area contributed by atoms with E-state index in [0.717, 1.165) is 21.0 Å². The average molecular weight is 430 g/mol. The number of carbonyl (C=O) groups is 2. The molecule has 0 spiro atoms. The van der Waals surface area contributed by atoms with E-state index in [1.807, 2.05) is 31.2 Å². The molecule has 2 aromatic carbocycles. The van der Waals surface area contributed by atoms with Crippen molar-refractivity contribution in [2.75, 3.05) is 20.6 Å². The molecule has 8 heteroatoms. The molecule has 1 unspecified atom stereocenters. The molecule has 1 atom stereocenters. The fourth-order valence-corrected chi connectivity index (χ4v) is 4.24. The first-order chi connectivity index (χ1) is 14.2. The molecule has 1 N–H and O–H groups in total. The molecule has 0 radical (unpaired) electrons. The molecule has 0 aromatic heterocycles. The van der Waals surface area contributed by atoms with Crippen LogP contribution in [0.2, 0.25) is 0 Å². The second kappa shape index (κ2) is 8.97. The summed E-state index contributed by atoms with van der Waals surface area (Å²) in [6.07, 6.45) is 0.206. The molecule has 2 amide bonds. The Morgan fingerprint density at radius 3 is 2.27 bits per heavy atom. The summed E-state index contributed by atoms with van der Waals surface area (Å²) in [5.74, 6) is -0.565. The zero-order valence-corrected chi connectivity index (χ0v) is 18.3. The predicted octanol–water partition coefficient (Wildman–Crippen LogP) is 1.91. The van der Waals surface area contributed by atoms with Gasteiger partial charge in [0.1, 0.15) is 0 Å². The van der Waals surface area contributed by atoms with Gasteiger partial charge >= 0.3 is 0 Å². The minimum atomic E-state index is -3.48. The van der Waals surface area contributed by atoms with Gasteiger partial charge < -0.3 is 10.2 Å². The number of aryl methyl sites for hydroxylation is 1. The van der Waals surface area contributed by atoms with E-state index in [2.05, 4.69) is 5.32 Å². The molecular formula is C22H27N3O4S. The fourth-order valence-electron chi connectivity index (χ4n) is 3.34. The number of rotatable bonds is 7. The van der Waals surface area contributed by atoms with Crippen LogP contribution in [0, 0.1) is 12.8 Å². The molecule has 7 nitrogen and oxygen atoms in total. The van der Waals surface area contributed by atoms with Crippen molar-refractivity contribution in [1.82, 2.24) is 14.5 Å². The average Bonchev–Trinajstić information content (AvgIpc) is 3.08. The quantitative estimate of drug-likeness (QED) is 0.728. The first kappa shape index (κ1) is 22.0. The summed E-state index contributed by atoms with van der Waals surface area (Å²) in [6, 6.07) is 14.4. The number of amides is 2. The highest BCUT2D eigenvalue weighted by Crippen LogP contribution is 2.21. The van der Waals surface area contributed by atoms with Crippen LogP contribution in [0.15, 0.2) is 53.4 Å². The lowest BCUT2D eigenvalue weighted by molar-refractivity contribution is -0.129. The Balaban J connectivity index is 1.54. The van der Waals surface area contributed by atoms with Crippen molar-refractivity contribution in [2.45, 2.75) is 31.3 Å². The van der Waals surface area contributed by atoms with Crippen LogP contribution in [0.3, 0.4) is 0 Å². The van der Waals surface area contributed by atoms with Crippen LogP contribution in [0.5, 0.6) is 0 Å². The van der Waals surface area contributed by atoms with Gasteiger partial charge in [-0.3, -0.25) is 9.59 Å². The number of sulfonamides is 1. The molecule has 0 bridgehead atoms. The van der Waals surface area contributed by atoms with Crippen LogP contribution in [-0.4, -0.2) is 50.1 Å². The number of carbonyl (C=O) groups excluding carboxylic acids is 2. The molecule has 1 aliphatic rings. The zero-order chi connectivity index (χ0) is 21.9. The van der Waals surface area contributed by atoms with Crippen LogP contribution >= 0.6 is 0 Å². The van der Waals surface area contributed by atoms with Crippen molar-refractivity contribution >= 4 is 21.8 Å². The Bertz CT molecular complexity index is 1020. The van der Waals surface area contributed by atoms with Gasteiger partial charge in [-0.15, -0.1) is 0 Å². The monoisotopic (exact) mass is 429 g/mol. The summed E-state index contributed by atoms with van der Waals surface area (Å²) in [5.41, 5.74) is 3.00. The number of hydrogen-bond donors (Lipinski definition) is 1. The molecule has 160 valence electrons. The molecule has 3 rings (SSSR count). The first-order valence-corrected chi connectivity index (χ1v) is 11.2. The van der Waals surface area contributed by atoms with E-state index >= 15 is 0 Å². The second-order valence-corrected chi connectivity index (χ2v) is 9.96. The minimum Gasteiger partial charge on any atom is -0.352 e. The second-order valence-electron chi connectivity index (χ2n) is 7.81. The van der Waals surface area contributed by atoms with Crippen LogP contribution in [0.4, 0.5) is 0 Å². The normalized spacial score (nSPS) is 16.9. The number of nitrogens with zero attached hydrogens (tertiary/aromatic N) is 2. The lowest BCUT2D eigenvalue weighted by Gasteiger charge is -2.17. The molecule has 0 saturated carbocycles. The van der Waals surface area contributed by atoms with Gasteiger partial charge in [-0.2, -0.15) is 0 Å².